The van der Waals surface area contributed by atoms with Gasteiger partial charge < -0.3 is 19.5 Å². The number of benzene rings is 2. The Morgan fingerprint density at radius 3 is 2.38 bits per heavy atom. The molecular formula is C19H20ClNO5. The fourth-order valence-corrected chi connectivity index (χ4v) is 2.43. The van der Waals surface area contributed by atoms with Crippen LogP contribution >= 0.6 is 11.6 Å². The van der Waals surface area contributed by atoms with Gasteiger partial charge in [0, 0.05) is 5.02 Å². The predicted molar refractivity (Wildman–Crippen MR) is 97.8 cm³/mol. The van der Waals surface area contributed by atoms with E-state index in [1.165, 1.54) is 20.3 Å². The van der Waals surface area contributed by atoms with Crippen LogP contribution in [0.15, 0.2) is 42.5 Å². The smallest absolute Gasteiger partial charge is 0.342 e. The normalized spacial score (nSPS) is 11.4. The molecule has 0 spiro atoms. The second kappa shape index (κ2) is 9.10. The van der Waals surface area contributed by atoms with Crippen molar-refractivity contribution in [1.82, 2.24) is 5.32 Å². The quantitative estimate of drug-likeness (QED) is 0.748. The van der Waals surface area contributed by atoms with E-state index < -0.39 is 18.5 Å². The maximum absolute atomic E-state index is 12.2. The van der Waals surface area contributed by atoms with Crippen molar-refractivity contribution in [2.75, 3.05) is 20.8 Å². The second-order valence-corrected chi connectivity index (χ2v) is 5.92. The van der Waals surface area contributed by atoms with Crippen molar-refractivity contribution in [3.8, 4) is 11.5 Å². The number of methoxy groups -OCH3 is 2. The summed E-state index contributed by atoms with van der Waals surface area (Å²) in [6.07, 6.45) is 0. The maximum Gasteiger partial charge on any atom is 0.342 e. The first-order chi connectivity index (χ1) is 12.4. The number of ether oxygens (including phenoxy) is 3. The molecule has 0 radical (unpaired) electrons. The highest BCUT2D eigenvalue weighted by Gasteiger charge is 2.17. The van der Waals surface area contributed by atoms with Crippen LogP contribution < -0.4 is 14.8 Å². The van der Waals surface area contributed by atoms with Crippen LogP contribution in [0.25, 0.3) is 0 Å². The number of esters is 1. The third kappa shape index (κ3) is 5.13. The summed E-state index contributed by atoms with van der Waals surface area (Å²) >= 11 is 5.85. The molecular weight excluding hydrogens is 358 g/mol. The van der Waals surface area contributed by atoms with Gasteiger partial charge in [-0.05, 0) is 42.8 Å². The van der Waals surface area contributed by atoms with Gasteiger partial charge in [-0.15, -0.1) is 0 Å². The molecule has 2 aromatic rings. The van der Waals surface area contributed by atoms with Crippen LogP contribution in [0, 0.1) is 0 Å². The average Bonchev–Trinajstić information content (AvgIpc) is 2.65. The molecule has 0 saturated carbocycles. The fourth-order valence-electron chi connectivity index (χ4n) is 2.30. The van der Waals surface area contributed by atoms with E-state index in [4.69, 9.17) is 25.8 Å². The highest BCUT2D eigenvalue weighted by Crippen LogP contribution is 2.24. The molecule has 0 aliphatic heterocycles. The number of halogens is 1. The molecule has 2 rings (SSSR count). The van der Waals surface area contributed by atoms with Gasteiger partial charge in [-0.25, -0.2) is 4.79 Å². The van der Waals surface area contributed by atoms with E-state index in [-0.39, 0.29) is 11.6 Å². The molecule has 1 N–H and O–H groups in total. The molecule has 1 amide bonds. The van der Waals surface area contributed by atoms with Crippen LogP contribution in [-0.2, 0) is 9.53 Å². The number of carbonyl (C=O) groups excluding carboxylic acids is 2. The SMILES string of the molecule is COc1ccc(OC)c(C(=O)OCC(=O)N[C@H](C)c2ccc(Cl)cc2)c1. The molecule has 2 aromatic carbocycles. The maximum atomic E-state index is 12.2. The monoisotopic (exact) mass is 377 g/mol. The molecule has 0 fully saturated rings. The second-order valence-electron chi connectivity index (χ2n) is 5.48. The van der Waals surface area contributed by atoms with Crippen molar-refractivity contribution in [2.24, 2.45) is 0 Å². The van der Waals surface area contributed by atoms with E-state index >= 15 is 0 Å². The lowest BCUT2D eigenvalue weighted by Crippen LogP contribution is -2.31. The van der Waals surface area contributed by atoms with E-state index in [0.717, 1.165) is 5.56 Å². The Morgan fingerprint density at radius 2 is 1.77 bits per heavy atom. The van der Waals surface area contributed by atoms with Gasteiger partial charge in [0.25, 0.3) is 5.91 Å². The van der Waals surface area contributed by atoms with Crippen molar-refractivity contribution in [3.63, 3.8) is 0 Å². The Morgan fingerprint density at radius 1 is 1.08 bits per heavy atom. The van der Waals surface area contributed by atoms with E-state index in [9.17, 15) is 9.59 Å². The lowest BCUT2D eigenvalue weighted by Gasteiger charge is -2.15. The summed E-state index contributed by atoms with van der Waals surface area (Å²) in [4.78, 5) is 24.3. The predicted octanol–water partition coefficient (Wildman–Crippen LogP) is 3.39. The van der Waals surface area contributed by atoms with Gasteiger partial charge in [-0.3, -0.25) is 4.79 Å². The van der Waals surface area contributed by atoms with Crippen molar-refractivity contribution in [1.29, 1.82) is 0 Å². The molecule has 0 unspecified atom stereocenters. The van der Waals surface area contributed by atoms with Gasteiger partial charge in [0.1, 0.15) is 17.1 Å². The third-order valence-electron chi connectivity index (χ3n) is 3.71. The number of nitrogens with one attached hydrogen (secondary N) is 1. The standard InChI is InChI=1S/C19H20ClNO5/c1-12(13-4-6-14(20)7-5-13)21-18(22)11-26-19(23)16-10-15(24-2)8-9-17(16)25-3/h4-10,12H,11H2,1-3H3,(H,21,22)/t12-/m1/s1. The molecule has 0 aromatic heterocycles. The first-order valence-corrected chi connectivity index (χ1v) is 8.26. The van der Waals surface area contributed by atoms with Crippen molar-refractivity contribution < 1.29 is 23.8 Å². The van der Waals surface area contributed by atoms with Gasteiger partial charge in [0.2, 0.25) is 0 Å². The van der Waals surface area contributed by atoms with Crippen LogP contribution in [0.5, 0.6) is 11.5 Å². The van der Waals surface area contributed by atoms with E-state index in [1.54, 1.807) is 24.3 Å². The highest BCUT2D eigenvalue weighted by atomic mass is 35.5. The van der Waals surface area contributed by atoms with Crippen LogP contribution in [0.1, 0.15) is 28.9 Å². The van der Waals surface area contributed by atoms with E-state index in [2.05, 4.69) is 5.32 Å². The largest absolute Gasteiger partial charge is 0.497 e. The first-order valence-electron chi connectivity index (χ1n) is 7.88. The zero-order valence-electron chi connectivity index (χ0n) is 14.7. The lowest BCUT2D eigenvalue weighted by molar-refractivity contribution is -0.124. The Bertz CT molecular complexity index is 776. The summed E-state index contributed by atoms with van der Waals surface area (Å²) in [6.45, 7) is 1.42. The van der Waals surface area contributed by atoms with Crippen molar-refractivity contribution in [3.05, 3.63) is 58.6 Å². The molecule has 1 atom stereocenters. The van der Waals surface area contributed by atoms with Gasteiger partial charge in [0.15, 0.2) is 6.61 Å². The number of rotatable bonds is 7. The third-order valence-corrected chi connectivity index (χ3v) is 3.96. The minimum atomic E-state index is -0.671. The number of amides is 1. The van der Waals surface area contributed by atoms with Crippen LogP contribution in [0.2, 0.25) is 5.02 Å². The topological polar surface area (TPSA) is 73.9 Å². The first kappa shape index (κ1) is 19.6. The summed E-state index contributed by atoms with van der Waals surface area (Å²) < 4.78 is 15.3. The van der Waals surface area contributed by atoms with Crippen LogP contribution in [0.4, 0.5) is 0 Å². The molecule has 6 nitrogen and oxygen atoms in total. The zero-order chi connectivity index (χ0) is 19.1. The van der Waals surface area contributed by atoms with Crippen LogP contribution in [0.3, 0.4) is 0 Å². The summed E-state index contributed by atoms with van der Waals surface area (Å²) in [5.74, 6) is -0.262. The number of hydrogen-bond donors (Lipinski definition) is 1. The van der Waals surface area contributed by atoms with Gasteiger partial charge >= 0.3 is 5.97 Å². The lowest BCUT2D eigenvalue weighted by atomic mass is 10.1. The number of hydrogen-bond acceptors (Lipinski definition) is 5. The Kier molecular flexibility index (Phi) is 6.86. The average molecular weight is 378 g/mol. The van der Waals surface area contributed by atoms with Gasteiger partial charge in [0.05, 0.1) is 20.3 Å². The zero-order valence-corrected chi connectivity index (χ0v) is 15.5. The minimum Gasteiger partial charge on any atom is -0.497 e. The highest BCUT2D eigenvalue weighted by molar-refractivity contribution is 6.30. The molecule has 0 heterocycles. The molecule has 0 aliphatic carbocycles. The molecule has 0 bridgehead atoms. The van der Waals surface area contributed by atoms with E-state index in [0.29, 0.717) is 16.5 Å². The number of carbonyl (C=O) groups is 2. The summed E-state index contributed by atoms with van der Waals surface area (Å²) in [6, 6.07) is 11.6. The van der Waals surface area contributed by atoms with Crippen LogP contribution in [-0.4, -0.2) is 32.7 Å². The molecule has 0 aliphatic rings. The molecule has 0 saturated heterocycles. The fraction of sp³-hybridized carbons (Fsp3) is 0.263. The van der Waals surface area contributed by atoms with Crippen molar-refractivity contribution >= 4 is 23.5 Å². The Balaban J connectivity index is 1.94. The summed E-state index contributed by atoms with van der Waals surface area (Å²) in [7, 11) is 2.93. The van der Waals surface area contributed by atoms with Gasteiger partial charge in [-0.1, -0.05) is 23.7 Å². The van der Waals surface area contributed by atoms with E-state index in [1.807, 2.05) is 19.1 Å². The van der Waals surface area contributed by atoms with Crippen molar-refractivity contribution in [2.45, 2.75) is 13.0 Å². The molecule has 26 heavy (non-hydrogen) atoms. The Labute approximate surface area is 157 Å². The summed E-state index contributed by atoms with van der Waals surface area (Å²) in [5, 5.41) is 3.38. The minimum absolute atomic E-state index is 0.186. The molecule has 138 valence electrons. The Hall–Kier alpha value is -2.73. The summed E-state index contributed by atoms with van der Waals surface area (Å²) in [5.41, 5.74) is 1.08. The van der Waals surface area contributed by atoms with Gasteiger partial charge in [-0.2, -0.15) is 0 Å². The molecule has 7 heteroatoms.